The van der Waals surface area contributed by atoms with Gasteiger partial charge in [0.2, 0.25) is 5.95 Å². The second-order valence-corrected chi connectivity index (χ2v) is 9.54. The molecule has 0 saturated heterocycles. The molecule has 30 heavy (non-hydrogen) atoms. The molecule has 1 saturated carbocycles. The molecule has 0 bridgehead atoms. The van der Waals surface area contributed by atoms with Crippen LogP contribution in [0.1, 0.15) is 36.1 Å². The van der Waals surface area contributed by atoms with Gasteiger partial charge in [0.15, 0.2) is 0 Å². The van der Waals surface area contributed by atoms with Crippen molar-refractivity contribution < 1.29 is 22.8 Å². The lowest BCUT2D eigenvalue weighted by Gasteiger charge is -2.41. The summed E-state index contributed by atoms with van der Waals surface area (Å²) < 4.78 is 42.1. The van der Waals surface area contributed by atoms with Crippen molar-refractivity contribution in [2.45, 2.75) is 55.8 Å². The van der Waals surface area contributed by atoms with E-state index < -0.39 is 22.9 Å². The fourth-order valence-electron chi connectivity index (χ4n) is 4.28. The van der Waals surface area contributed by atoms with Crippen molar-refractivity contribution in [1.82, 2.24) is 9.97 Å². The maximum Gasteiger partial charge on any atom is 0.387 e. The van der Waals surface area contributed by atoms with E-state index in [0.717, 1.165) is 36.1 Å². The Morgan fingerprint density at radius 3 is 2.77 bits per heavy atom. The summed E-state index contributed by atoms with van der Waals surface area (Å²) in [7, 11) is -1.16. The first-order chi connectivity index (χ1) is 14.5. The Labute approximate surface area is 174 Å². The molecule has 3 heterocycles. The van der Waals surface area contributed by atoms with E-state index in [2.05, 4.69) is 15.0 Å². The Morgan fingerprint density at radius 2 is 2.07 bits per heavy atom. The van der Waals surface area contributed by atoms with Crippen molar-refractivity contribution >= 4 is 22.6 Å². The number of nitrogens with one attached hydrogen (secondary N) is 1. The van der Waals surface area contributed by atoms with Crippen LogP contribution in [0.15, 0.2) is 23.1 Å². The van der Waals surface area contributed by atoms with E-state index in [1.807, 2.05) is 4.90 Å². The van der Waals surface area contributed by atoms with Gasteiger partial charge in [0.25, 0.3) is 0 Å². The number of aliphatic hydroxyl groups is 1. The lowest BCUT2D eigenvalue weighted by Crippen LogP contribution is -2.48. The van der Waals surface area contributed by atoms with Crippen LogP contribution < -0.4 is 15.0 Å². The average Bonchev–Trinajstić information content (AvgIpc) is 3.27. The molecule has 1 aliphatic carbocycles. The van der Waals surface area contributed by atoms with E-state index in [4.69, 9.17) is 4.98 Å². The molecule has 1 aromatic carbocycles. The Balaban J connectivity index is 1.45. The molecule has 7 nitrogen and oxygen atoms in total. The van der Waals surface area contributed by atoms with Crippen LogP contribution in [-0.4, -0.2) is 43.8 Å². The number of benzene rings is 1. The lowest BCUT2D eigenvalue weighted by molar-refractivity contribution is -0.0498. The summed E-state index contributed by atoms with van der Waals surface area (Å²) in [5, 5.41) is 13.2. The number of hydrogen-bond donors (Lipinski definition) is 2. The fourth-order valence-corrected chi connectivity index (χ4v) is 5.58. The van der Waals surface area contributed by atoms with Gasteiger partial charge in [0, 0.05) is 25.3 Å². The van der Waals surface area contributed by atoms with Gasteiger partial charge in [-0.1, -0.05) is 6.07 Å². The number of alkyl halides is 2. The van der Waals surface area contributed by atoms with Crippen molar-refractivity contribution in [3.8, 4) is 5.75 Å². The van der Waals surface area contributed by atoms with Gasteiger partial charge in [0.05, 0.1) is 28.6 Å². The number of fused-ring (bicyclic) bond motifs is 2. The predicted molar refractivity (Wildman–Crippen MR) is 107 cm³/mol. The second kappa shape index (κ2) is 7.42. The molecule has 1 atom stereocenters. The van der Waals surface area contributed by atoms with Crippen molar-refractivity contribution in [3.63, 3.8) is 0 Å². The smallest absolute Gasteiger partial charge is 0.387 e. The van der Waals surface area contributed by atoms with Crippen molar-refractivity contribution in [1.29, 1.82) is 0 Å². The summed E-state index contributed by atoms with van der Waals surface area (Å²) in [6.07, 6.45) is 3.32. The topological polar surface area (TPSA) is 87.6 Å². The third-order valence-electron chi connectivity index (χ3n) is 6.08. The van der Waals surface area contributed by atoms with Crippen LogP contribution in [0, 0.1) is 0 Å². The number of ether oxygens (including phenoxy) is 1. The minimum absolute atomic E-state index is 0.00415. The van der Waals surface area contributed by atoms with Crippen LogP contribution in [0.3, 0.4) is 0 Å². The number of aryl methyl sites for hydroxylation is 1. The number of anilines is 2. The maximum absolute atomic E-state index is 12.5. The van der Waals surface area contributed by atoms with Crippen molar-refractivity contribution in [2.75, 3.05) is 22.6 Å². The van der Waals surface area contributed by atoms with Gasteiger partial charge in [-0.3, -0.25) is 4.21 Å². The van der Waals surface area contributed by atoms with E-state index in [1.54, 1.807) is 12.1 Å². The zero-order valence-electron chi connectivity index (χ0n) is 16.2. The van der Waals surface area contributed by atoms with Gasteiger partial charge in [0.1, 0.15) is 16.5 Å². The summed E-state index contributed by atoms with van der Waals surface area (Å²) in [6, 6.07) is 4.94. The molecular formula is C20H22F2N4O3S. The first-order valence-electron chi connectivity index (χ1n) is 9.96. The molecule has 3 aliphatic rings. The first-order valence-corrected chi connectivity index (χ1v) is 11.3. The molecule has 2 aliphatic heterocycles. The minimum atomic E-state index is -2.86. The van der Waals surface area contributed by atoms with E-state index >= 15 is 0 Å². The number of hydrogen-bond acceptors (Lipinski definition) is 7. The highest BCUT2D eigenvalue weighted by molar-refractivity contribution is 7.85. The van der Waals surface area contributed by atoms with E-state index in [0.29, 0.717) is 41.9 Å². The van der Waals surface area contributed by atoms with E-state index in [-0.39, 0.29) is 12.4 Å². The van der Waals surface area contributed by atoms with E-state index in [1.165, 1.54) is 6.07 Å². The molecule has 2 N–H and O–H groups in total. The number of aliphatic hydroxyl groups excluding tert-OH is 1. The van der Waals surface area contributed by atoms with Gasteiger partial charge >= 0.3 is 6.61 Å². The summed E-state index contributed by atoms with van der Waals surface area (Å²) in [5.41, 5.74) is 2.25. The molecule has 2 aromatic rings. The molecule has 5 rings (SSSR count). The molecule has 1 aromatic heterocycles. The molecule has 0 unspecified atom stereocenters. The van der Waals surface area contributed by atoms with Gasteiger partial charge in [-0.15, -0.1) is 0 Å². The predicted octanol–water partition coefficient (Wildman–Crippen LogP) is 2.59. The molecule has 160 valence electrons. The summed E-state index contributed by atoms with van der Waals surface area (Å²) in [5.74, 6) is 1.70. The van der Waals surface area contributed by atoms with Crippen LogP contribution >= 0.6 is 0 Å². The third kappa shape index (κ3) is 3.41. The maximum atomic E-state index is 12.5. The van der Waals surface area contributed by atoms with Gasteiger partial charge in [-0.25, -0.2) is 4.98 Å². The van der Waals surface area contributed by atoms with Gasteiger partial charge in [-0.05, 0) is 42.5 Å². The number of nitrogens with zero attached hydrogens (tertiary/aromatic N) is 3. The Kier molecular flexibility index (Phi) is 4.85. The fraction of sp³-hybridized carbons (Fsp3) is 0.500. The van der Waals surface area contributed by atoms with Crippen LogP contribution in [0.25, 0.3) is 0 Å². The van der Waals surface area contributed by atoms with E-state index in [9.17, 15) is 18.1 Å². The SMILES string of the molecule is O=[S@]1CCc2nc(N3Cc4ccc(OC(F)F)cc4C3)nc(NC3(CO)CCC3)c21. The molecule has 0 radical (unpaired) electrons. The largest absolute Gasteiger partial charge is 0.435 e. The second-order valence-electron chi connectivity index (χ2n) is 8.03. The summed E-state index contributed by atoms with van der Waals surface area (Å²) in [4.78, 5) is 12.0. The normalized spacial score (nSPS) is 21.3. The quantitative estimate of drug-likeness (QED) is 0.720. The highest BCUT2D eigenvalue weighted by atomic mass is 32.2. The summed E-state index contributed by atoms with van der Waals surface area (Å²) in [6.45, 7) is -1.84. The molecule has 10 heteroatoms. The van der Waals surface area contributed by atoms with Crippen LogP contribution in [0.4, 0.5) is 20.5 Å². The Hall–Kier alpha value is -2.33. The monoisotopic (exact) mass is 436 g/mol. The van der Waals surface area contributed by atoms with Crippen molar-refractivity contribution in [3.05, 3.63) is 35.0 Å². The zero-order valence-corrected chi connectivity index (χ0v) is 17.1. The van der Waals surface area contributed by atoms with Crippen LogP contribution in [0.5, 0.6) is 5.75 Å². The first kappa shape index (κ1) is 19.6. The third-order valence-corrected chi connectivity index (χ3v) is 7.54. The lowest BCUT2D eigenvalue weighted by atomic mass is 9.77. The molecular weight excluding hydrogens is 414 g/mol. The van der Waals surface area contributed by atoms with Gasteiger partial charge in [-0.2, -0.15) is 13.8 Å². The minimum Gasteiger partial charge on any atom is -0.435 e. The number of aromatic nitrogens is 2. The summed E-state index contributed by atoms with van der Waals surface area (Å²) >= 11 is 0. The molecule has 0 spiro atoms. The average molecular weight is 436 g/mol. The van der Waals surface area contributed by atoms with Crippen molar-refractivity contribution in [2.24, 2.45) is 0 Å². The highest BCUT2D eigenvalue weighted by Gasteiger charge is 2.39. The van der Waals surface area contributed by atoms with Gasteiger partial charge < -0.3 is 20.1 Å². The zero-order chi connectivity index (χ0) is 20.9. The Morgan fingerprint density at radius 1 is 1.27 bits per heavy atom. The number of halogens is 2. The Bertz CT molecular complexity index is 1010. The standard InChI is InChI=1S/C20H22F2N4O3S/c21-18(22)29-14-3-2-12-9-26(10-13(12)8-14)19-23-15-4-7-30(28)16(15)17(24-19)25-20(11-27)5-1-6-20/h2-3,8,18,27H,1,4-7,9-11H2,(H,23,24,25)/t30-/m0/s1. The molecule has 1 fully saturated rings. The molecule has 0 amide bonds. The van der Waals surface area contributed by atoms with Crippen LogP contribution in [-0.2, 0) is 30.3 Å². The number of rotatable bonds is 6. The highest BCUT2D eigenvalue weighted by Crippen LogP contribution is 2.39. The van der Waals surface area contributed by atoms with Crippen LogP contribution in [0.2, 0.25) is 0 Å².